The Morgan fingerprint density at radius 2 is 2.00 bits per heavy atom. The first-order valence-electron chi connectivity index (χ1n) is 7.60. The quantitative estimate of drug-likeness (QED) is 0.679. The maximum atomic E-state index is 5.35. The molecule has 0 bridgehead atoms. The lowest BCUT2D eigenvalue weighted by molar-refractivity contribution is 0.415. The molecule has 2 aliphatic rings. The monoisotopic (exact) mass is 264 g/mol. The Morgan fingerprint density at radius 1 is 1.10 bits per heavy atom. The average Bonchev–Trinajstić information content (AvgIpc) is 2.94. The molecule has 1 unspecified atom stereocenters. The molecular weight excluding hydrogens is 244 g/mol. The van der Waals surface area contributed by atoms with Crippen LogP contribution in [0.2, 0.25) is 0 Å². The minimum absolute atomic E-state index is 0.638. The minimum atomic E-state index is 0.638. The molecule has 1 atom stereocenters. The molecule has 0 saturated heterocycles. The van der Waals surface area contributed by atoms with Gasteiger partial charge in [0.25, 0.3) is 0 Å². The Kier molecular flexibility index (Phi) is 2.63. The van der Waals surface area contributed by atoms with E-state index in [1.54, 1.807) is 23.8 Å². The number of methoxy groups -OCH3 is 1. The van der Waals surface area contributed by atoms with Gasteiger partial charge in [-0.15, -0.1) is 0 Å². The zero-order valence-corrected chi connectivity index (χ0v) is 12.2. The molecule has 20 heavy (non-hydrogen) atoms. The maximum absolute atomic E-state index is 5.35. The third-order valence-electron chi connectivity index (χ3n) is 4.97. The summed E-state index contributed by atoms with van der Waals surface area (Å²) >= 11 is 0. The summed E-state index contributed by atoms with van der Waals surface area (Å²) in [6.07, 6.45) is 5.20. The van der Waals surface area contributed by atoms with Gasteiger partial charge in [-0.1, -0.05) is 30.7 Å². The molecule has 2 aromatic carbocycles. The van der Waals surface area contributed by atoms with Gasteiger partial charge in [-0.25, -0.2) is 0 Å². The van der Waals surface area contributed by atoms with E-state index in [4.69, 9.17) is 4.74 Å². The van der Waals surface area contributed by atoms with Gasteiger partial charge in [0.2, 0.25) is 0 Å². The molecule has 0 fully saturated rings. The van der Waals surface area contributed by atoms with Crippen LogP contribution in [-0.4, -0.2) is 7.11 Å². The van der Waals surface area contributed by atoms with Gasteiger partial charge >= 0.3 is 0 Å². The first-order chi connectivity index (χ1) is 9.78. The van der Waals surface area contributed by atoms with E-state index in [0.29, 0.717) is 5.92 Å². The maximum Gasteiger partial charge on any atom is 0.119 e. The van der Waals surface area contributed by atoms with Gasteiger partial charge in [-0.05, 0) is 71.2 Å². The number of hydrogen-bond acceptors (Lipinski definition) is 1. The molecule has 0 N–H and O–H groups in total. The van der Waals surface area contributed by atoms with Crippen LogP contribution in [0.3, 0.4) is 0 Å². The second-order valence-corrected chi connectivity index (χ2v) is 6.15. The fourth-order valence-corrected chi connectivity index (χ4v) is 4.08. The molecule has 2 aromatic rings. The highest BCUT2D eigenvalue weighted by molar-refractivity contribution is 5.93. The lowest BCUT2D eigenvalue weighted by atomic mass is 9.78. The van der Waals surface area contributed by atoms with E-state index < -0.39 is 0 Å². The summed E-state index contributed by atoms with van der Waals surface area (Å²) in [5.41, 5.74) is 6.45. The lowest BCUT2D eigenvalue weighted by Crippen LogP contribution is -2.07. The number of rotatable bonds is 1. The highest BCUT2D eigenvalue weighted by Crippen LogP contribution is 2.48. The molecule has 2 aliphatic carbocycles. The summed E-state index contributed by atoms with van der Waals surface area (Å²) < 4.78 is 5.35. The van der Waals surface area contributed by atoms with Crippen molar-refractivity contribution in [2.75, 3.05) is 7.11 Å². The smallest absolute Gasteiger partial charge is 0.119 e. The number of benzene rings is 2. The summed E-state index contributed by atoms with van der Waals surface area (Å²) in [7, 11) is 1.73. The third-order valence-corrected chi connectivity index (χ3v) is 4.97. The summed E-state index contributed by atoms with van der Waals surface area (Å²) in [6.45, 7) is 2.38. The van der Waals surface area contributed by atoms with Crippen LogP contribution in [0.1, 0.15) is 49.7 Å². The van der Waals surface area contributed by atoms with Gasteiger partial charge in [-0.3, -0.25) is 0 Å². The fourth-order valence-electron chi connectivity index (χ4n) is 4.08. The van der Waals surface area contributed by atoms with Gasteiger partial charge < -0.3 is 4.74 Å². The molecule has 0 heterocycles. The van der Waals surface area contributed by atoms with E-state index in [2.05, 4.69) is 37.3 Å². The zero-order valence-electron chi connectivity index (χ0n) is 12.2. The van der Waals surface area contributed by atoms with Crippen molar-refractivity contribution in [3.8, 4) is 5.75 Å². The SMILES string of the molecule is COc1ccc2c3c(ccc2c1)C1=C(CCC1)CC3C. The van der Waals surface area contributed by atoms with E-state index >= 15 is 0 Å². The van der Waals surface area contributed by atoms with Crippen molar-refractivity contribution in [2.24, 2.45) is 0 Å². The standard InChI is InChI=1S/C19H20O/c1-12-10-13-4-3-5-16(13)18-8-6-14-11-15(20-2)7-9-17(14)19(12)18/h6-9,11-12H,3-5,10H2,1-2H3. The first-order valence-corrected chi connectivity index (χ1v) is 7.60. The molecule has 0 aliphatic heterocycles. The van der Waals surface area contributed by atoms with Crippen LogP contribution in [0, 0.1) is 0 Å². The van der Waals surface area contributed by atoms with Crippen molar-refractivity contribution in [3.63, 3.8) is 0 Å². The van der Waals surface area contributed by atoms with Crippen LogP contribution in [-0.2, 0) is 0 Å². The Morgan fingerprint density at radius 3 is 2.85 bits per heavy atom. The molecule has 0 radical (unpaired) electrons. The van der Waals surface area contributed by atoms with E-state index in [0.717, 1.165) is 5.75 Å². The topological polar surface area (TPSA) is 9.23 Å². The first kappa shape index (κ1) is 12.0. The molecule has 0 spiro atoms. The van der Waals surface area contributed by atoms with Crippen molar-refractivity contribution in [1.82, 2.24) is 0 Å². The molecular formula is C19H20O. The fraction of sp³-hybridized carbons (Fsp3) is 0.368. The van der Waals surface area contributed by atoms with Gasteiger partial charge in [-0.2, -0.15) is 0 Å². The van der Waals surface area contributed by atoms with E-state index in [9.17, 15) is 0 Å². The van der Waals surface area contributed by atoms with Crippen molar-refractivity contribution in [1.29, 1.82) is 0 Å². The molecule has 102 valence electrons. The van der Waals surface area contributed by atoms with Crippen molar-refractivity contribution in [3.05, 3.63) is 47.0 Å². The molecule has 1 nitrogen and oxygen atoms in total. The number of fused-ring (bicyclic) bond motifs is 4. The molecule has 1 heteroatoms. The van der Waals surface area contributed by atoms with Gasteiger partial charge in [0.15, 0.2) is 0 Å². The van der Waals surface area contributed by atoms with Gasteiger partial charge in [0, 0.05) is 0 Å². The summed E-state index contributed by atoms with van der Waals surface area (Å²) in [5.74, 6) is 1.58. The van der Waals surface area contributed by atoms with Crippen LogP contribution < -0.4 is 4.74 Å². The summed E-state index contributed by atoms with van der Waals surface area (Å²) in [6, 6.07) is 11.1. The van der Waals surface area contributed by atoms with Crippen molar-refractivity contribution < 1.29 is 4.74 Å². The van der Waals surface area contributed by atoms with Crippen LogP contribution in [0.15, 0.2) is 35.9 Å². The van der Waals surface area contributed by atoms with E-state index in [1.807, 2.05) is 0 Å². The predicted octanol–water partition coefficient (Wildman–Crippen LogP) is 5.29. The third kappa shape index (κ3) is 1.62. The second kappa shape index (κ2) is 4.37. The van der Waals surface area contributed by atoms with Gasteiger partial charge in [0.1, 0.15) is 5.75 Å². The predicted molar refractivity (Wildman–Crippen MR) is 84.3 cm³/mol. The van der Waals surface area contributed by atoms with Crippen LogP contribution in [0.4, 0.5) is 0 Å². The Hall–Kier alpha value is -1.76. The van der Waals surface area contributed by atoms with Crippen molar-refractivity contribution in [2.45, 2.75) is 38.5 Å². The molecule has 0 amide bonds. The lowest BCUT2D eigenvalue weighted by Gasteiger charge is -2.26. The minimum Gasteiger partial charge on any atom is -0.497 e. The Balaban J connectivity index is 2.00. The van der Waals surface area contributed by atoms with E-state index in [1.165, 1.54) is 42.0 Å². The van der Waals surface area contributed by atoms with E-state index in [-0.39, 0.29) is 0 Å². The summed E-state index contributed by atoms with van der Waals surface area (Å²) in [4.78, 5) is 0. The number of hydrogen-bond donors (Lipinski definition) is 0. The molecule has 0 aromatic heterocycles. The largest absolute Gasteiger partial charge is 0.497 e. The normalized spacial score (nSPS) is 21.0. The second-order valence-electron chi connectivity index (χ2n) is 6.15. The van der Waals surface area contributed by atoms with Gasteiger partial charge in [0.05, 0.1) is 7.11 Å². The number of ether oxygens (including phenoxy) is 1. The summed E-state index contributed by atoms with van der Waals surface area (Å²) in [5, 5.41) is 2.71. The zero-order chi connectivity index (χ0) is 13.7. The average molecular weight is 264 g/mol. The highest BCUT2D eigenvalue weighted by atomic mass is 16.5. The molecule has 4 rings (SSSR count). The van der Waals surface area contributed by atoms with Crippen LogP contribution in [0.25, 0.3) is 16.3 Å². The highest BCUT2D eigenvalue weighted by Gasteiger charge is 2.28. The molecule has 0 saturated carbocycles. The Bertz CT molecular complexity index is 724. The van der Waals surface area contributed by atoms with Crippen LogP contribution in [0.5, 0.6) is 5.75 Å². The van der Waals surface area contributed by atoms with Crippen LogP contribution >= 0.6 is 0 Å². The Labute approximate surface area is 120 Å². The van der Waals surface area contributed by atoms with Crippen molar-refractivity contribution >= 4 is 16.3 Å². The number of allylic oxidation sites excluding steroid dienone is 2.